The molecular weight excluding hydrogens is 424 g/mol. The number of carbonyl (C=O) groups is 2. The molecule has 7 heteroatoms. The number of benzene rings is 2. The van der Waals surface area contributed by atoms with Crippen molar-refractivity contribution in [3.8, 4) is 0 Å². The van der Waals surface area contributed by atoms with Crippen molar-refractivity contribution in [3.05, 3.63) is 71.3 Å². The van der Waals surface area contributed by atoms with Gasteiger partial charge in [0.2, 0.25) is 5.91 Å². The summed E-state index contributed by atoms with van der Waals surface area (Å²) in [6.45, 7) is 5.19. The number of carbonyl (C=O) groups excluding carboxylic acids is 2. The molecule has 0 unspecified atom stereocenters. The van der Waals surface area contributed by atoms with Gasteiger partial charge in [0, 0.05) is 57.8 Å². The molecule has 0 radical (unpaired) electrons. The Hall–Kier alpha value is -2.80. The minimum Gasteiger partial charge on any atom is -0.340 e. The second kappa shape index (κ2) is 8.86. The molecule has 1 saturated carbocycles. The molecule has 1 spiro atoms. The molecule has 2 heterocycles. The Labute approximate surface area is 193 Å². The number of nitrogens with zero attached hydrogens (tertiary/aromatic N) is 3. The first-order valence-corrected chi connectivity index (χ1v) is 11.7. The predicted molar refractivity (Wildman–Crippen MR) is 120 cm³/mol. The molecule has 1 atom stereocenters. The maximum atomic E-state index is 14.0. The Morgan fingerprint density at radius 1 is 0.879 bits per heavy atom. The van der Waals surface area contributed by atoms with Crippen LogP contribution in [0.25, 0.3) is 0 Å². The van der Waals surface area contributed by atoms with Gasteiger partial charge in [-0.15, -0.1) is 0 Å². The molecule has 0 bridgehead atoms. The van der Waals surface area contributed by atoms with Crippen molar-refractivity contribution in [2.75, 3.05) is 39.3 Å². The lowest BCUT2D eigenvalue weighted by Gasteiger charge is -2.36. The molecule has 2 aromatic carbocycles. The summed E-state index contributed by atoms with van der Waals surface area (Å²) in [5.74, 6) is -1.63. The van der Waals surface area contributed by atoms with Crippen LogP contribution in [0.15, 0.2) is 48.5 Å². The van der Waals surface area contributed by atoms with Crippen LogP contribution >= 0.6 is 0 Å². The highest BCUT2D eigenvalue weighted by molar-refractivity contribution is 5.94. The third-order valence-electron chi connectivity index (χ3n) is 7.63. The smallest absolute Gasteiger partial charge is 0.256 e. The number of halogens is 2. The van der Waals surface area contributed by atoms with Gasteiger partial charge in [-0.05, 0) is 42.4 Å². The van der Waals surface area contributed by atoms with Crippen molar-refractivity contribution in [2.45, 2.75) is 25.8 Å². The van der Waals surface area contributed by atoms with E-state index in [0.29, 0.717) is 13.1 Å². The Balaban J connectivity index is 1.11. The molecule has 2 saturated heterocycles. The number of hydrogen-bond acceptors (Lipinski definition) is 3. The van der Waals surface area contributed by atoms with Crippen LogP contribution in [0.1, 0.15) is 35.2 Å². The first-order valence-electron chi connectivity index (χ1n) is 11.7. The van der Waals surface area contributed by atoms with Crippen LogP contribution in [0.3, 0.4) is 0 Å². The van der Waals surface area contributed by atoms with Crippen molar-refractivity contribution < 1.29 is 18.4 Å². The molecule has 5 rings (SSSR count). The number of likely N-dealkylation sites (tertiary alicyclic amines) is 1. The van der Waals surface area contributed by atoms with Crippen molar-refractivity contribution in [2.24, 2.45) is 11.3 Å². The van der Waals surface area contributed by atoms with Crippen LogP contribution in [0, 0.1) is 23.0 Å². The summed E-state index contributed by atoms with van der Waals surface area (Å²) in [7, 11) is 0. The van der Waals surface area contributed by atoms with Crippen molar-refractivity contribution in [1.29, 1.82) is 0 Å². The molecule has 0 N–H and O–H groups in total. The fourth-order valence-corrected chi connectivity index (χ4v) is 5.43. The molecule has 2 aliphatic heterocycles. The maximum absolute atomic E-state index is 14.0. The Kier molecular flexibility index (Phi) is 5.91. The number of piperazine rings is 1. The van der Waals surface area contributed by atoms with Crippen LogP contribution in [0.5, 0.6) is 0 Å². The minimum absolute atomic E-state index is 0.0175. The van der Waals surface area contributed by atoms with Gasteiger partial charge in [0.25, 0.3) is 5.91 Å². The van der Waals surface area contributed by atoms with Gasteiger partial charge >= 0.3 is 0 Å². The van der Waals surface area contributed by atoms with Gasteiger partial charge in [0.05, 0.1) is 5.56 Å². The molecule has 1 aliphatic carbocycles. The molecule has 174 valence electrons. The second-order valence-corrected chi connectivity index (χ2v) is 9.62. The number of hydrogen-bond donors (Lipinski definition) is 0. The first kappa shape index (κ1) is 22.0. The third kappa shape index (κ3) is 4.51. The molecule has 5 nitrogen and oxygen atoms in total. The van der Waals surface area contributed by atoms with Crippen LogP contribution < -0.4 is 0 Å². The Morgan fingerprint density at radius 2 is 1.58 bits per heavy atom. The molecule has 3 fully saturated rings. The van der Waals surface area contributed by atoms with Gasteiger partial charge in [-0.3, -0.25) is 14.5 Å². The zero-order valence-electron chi connectivity index (χ0n) is 18.7. The summed E-state index contributed by atoms with van der Waals surface area (Å²) in [6.07, 6.45) is 2.39. The summed E-state index contributed by atoms with van der Waals surface area (Å²) >= 11 is 0. The number of piperidine rings is 1. The molecular formula is C26H29F2N3O2. The van der Waals surface area contributed by atoms with E-state index in [0.717, 1.165) is 64.1 Å². The first-order chi connectivity index (χ1) is 15.9. The van der Waals surface area contributed by atoms with Gasteiger partial charge in [-0.25, -0.2) is 8.78 Å². The van der Waals surface area contributed by atoms with Crippen LogP contribution in [0.2, 0.25) is 0 Å². The van der Waals surface area contributed by atoms with E-state index in [1.807, 2.05) is 11.0 Å². The van der Waals surface area contributed by atoms with Crippen molar-refractivity contribution >= 4 is 11.8 Å². The monoisotopic (exact) mass is 453 g/mol. The van der Waals surface area contributed by atoms with Gasteiger partial charge < -0.3 is 9.80 Å². The average molecular weight is 454 g/mol. The summed E-state index contributed by atoms with van der Waals surface area (Å²) in [6, 6.07) is 13.4. The highest BCUT2D eigenvalue weighted by atomic mass is 19.1. The lowest BCUT2D eigenvalue weighted by Crippen LogP contribution is -2.49. The highest BCUT2D eigenvalue weighted by Crippen LogP contribution is 2.60. The largest absolute Gasteiger partial charge is 0.340 e. The molecule has 3 aliphatic rings. The topological polar surface area (TPSA) is 43.9 Å². The van der Waals surface area contributed by atoms with Crippen molar-refractivity contribution in [1.82, 2.24) is 14.7 Å². The van der Waals surface area contributed by atoms with E-state index in [2.05, 4.69) is 29.2 Å². The summed E-state index contributed by atoms with van der Waals surface area (Å²) < 4.78 is 27.2. The molecule has 2 aromatic rings. The number of amides is 2. The standard InChI is InChI=1S/C26H29F2N3O2/c27-20-6-7-21(23(28)16-20)24(32)30-10-8-26(9-11-30)17-22(26)25(33)31-14-12-29(13-15-31)18-19-4-2-1-3-5-19/h1-7,16,22H,8-15,17-18H2/t22-/m1/s1. The van der Waals surface area contributed by atoms with E-state index in [1.54, 1.807) is 4.90 Å². The second-order valence-electron chi connectivity index (χ2n) is 9.62. The zero-order chi connectivity index (χ0) is 23.0. The van der Waals surface area contributed by atoms with Crippen LogP contribution in [-0.2, 0) is 11.3 Å². The van der Waals surface area contributed by atoms with Gasteiger partial charge in [-0.2, -0.15) is 0 Å². The third-order valence-corrected chi connectivity index (χ3v) is 7.63. The minimum atomic E-state index is -0.828. The van der Waals surface area contributed by atoms with Crippen molar-refractivity contribution in [3.63, 3.8) is 0 Å². The molecule has 33 heavy (non-hydrogen) atoms. The summed E-state index contributed by atoms with van der Waals surface area (Å²) in [5, 5.41) is 0. The Bertz CT molecular complexity index is 1030. The van der Waals surface area contributed by atoms with Crippen LogP contribution in [0.4, 0.5) is 8.78 Å². The highest BCUT2D eigenvalue weighted by Gasteiger charge is 2.59. The fourth-order valence-electron chi connectivity index (χ4n) is 5.43. The lowest BCUT2D eigenvalue weighted by atomic mass is 9.90. The van der Waals surface area contributed by atoms with E-state index in [-0.39, 0.29) is 22.8 Å². The quantitative estimate of drug-likeness (QED) is 0.711. The molecule has 2 amide bonds. The lowest BCUT2D eigenvalue weighted by molar-refractivity contribution is -0.135. The van der Waals surface area contributed by atoms with E-state index >= 15 is 0 Å². The SMILES string of the molecule is O=C(c1ccc(F)cc1F)N1CCC2(CC1)C[C@@H]2C(=O)N1CCN(Cc2ccccc2)CC1. The van der Waals surface area contributed by atoms with Gasteiger partial charge in [0.15, 0.2) is 0 Å². The van der Waals surface area contributed by atoms with E-state index in [9.17, 15) is 18.4 Å². The van der Waals surface area contributed by atoms with E-state index < -0.39 is 17.5 Å². The van der Waals surface area contributed by atoms with Gasteiger partial charge in [0.1, 0.15) is 11.6 Å². The Morgan fingerprint density at radius 3 is 2.24 bits per heavy atom. The summed E-state index contributed by atoms with van der Waals surface area (Å²) in [4.78, 5) is 31.8. The maximum Gasteiger partial charge on any atom is 0.256 e. The van der Waals surface area contributed by atoms with E-state index in [1.165, 1.54) is 11.6 Å². The molecule has 0 aromatic heterocycles. The average Bonchev–Trinajstić information content (AvgIpc) is 3.53. The zero-order valence-corrected chi connectivity index (χ0v) is 18.7. The number of rotatable bonds is 4. The van der Waals surface area contributed by atoms with Crippen LogP contribution in [-0.4, -0.2) is 65.8 Å². The van der Waals surface area contributed by atoms with E-state index in [4.69, 9.17) is 0 Å². The predicted octanol–water partition coefficient (Wildman–Crippen LogP) is 3.55. The fraction of sp³-hybridized carbons (Fsp3) is 0.462. The normalized spacial score (nSPS) is 22.4. The van der Waals surface area contributed by atoms with Gasteiger partial charge in [-0.1, -0.05) is 30.3 Å². The summed E-state index contributed by atoms with van der Waals surface area (Å²) in [5.41, 5.74) is 1.18.